The Morgan fingerprint density at radius 3 is 2.62 bits per heavy atom. The van der Waals surface area contributed by atoms with Gasteiger partial charge in [-0.3, -0.25) is 0 Å². The molecule has 1 rings (SSSR count). The number of rotatable bonds is 3. The van der Waals surface area contributed by atoms with Crippen molar-refractivity contribution in [3.8, 4) is 0 Å². The van der Waals surface area contributed by atoms with Crippen LogP contribution in [0.3, 0.4) is 0 Å². The van der Waals surface area contributed by atoms with Gasteiger partial charge in [0.2, 0.25) is 0 Å². The molecule has 0 bridgehead atoms. The molecule has 0 aromatic heterocycles. The zero-order chi connectivity index (χ0) is 9.84. The van der Waals surface area contributed by atoms with Crippen molar-refractivity contribution < 1.29 is 0 Å². The van der Waals surface area contributed by atoms with Crippen LogP contribution < -0.4 is 10.6 Å². The molecule has 0 saturated carbocycles. The third-order valence-electron chi connectivity index (χ3n) is 2.23. The molecule has 1 aromatic rings. The Kier molecular flexibility index (Phi) is 3.75. The SMILES string of the molecule is CC(CN)N(C)c1ccccc1Br. The topological polar surface area (TPSA) is 29.3 Å². The first-order chi connectivity index (χ1) is 6.16. The van der Waals surface area contributed by atoms with Gasteiger partial charge >= 0.3 is 0 Å². The Morgan fingerprint density at radius 1 is 1.46 bits per heavy atom. The Hall–Kier alpha value is -0.540. The van der Waals surface area contributed by atoms with Crippen LogP contribution in [0.15, 0.2) is 28.7 Å². The van der Waals surface area contributed by atoms with E-state index >= 15 is 0 Å². The minimum atomic E-state index is 0.360. The van der Waals surface area contributed by atoms with Crippen LogP contribution in [0.1, 0.15) is 6.92 Å². The van der Waals surface area contributed by atoms with E-state index in [4.69, 9.17) is 5.73 Å². The van der Waals surface area contributed by atoms with Gasteiger partial charge in [0, 0.05) is 24.1 Å². The van der Waals surface area contributed by atoms with Crippen molar-refractivity contribution in [1.82, 2.24) is 0 Å². The summed E-state index contributed by atoms with van der Waals surface area (Å²) in [6, 6.07) is 8.51. The van der Waals surface area contributed by atoms with Crippen molar-refractivity contribution in [2.24, 2.45) is 5.73 Å². The van der Waals surface area contributed by atoms with Crippen molar-refractivity contribution in [2.75, 3.05) is 18.5 Å². The molecule has 0 heterocycles. The lowest BCUT2D eigenvalue weighted by Crippen LogP contribution is -2.35. The highest BCUT2D eigenvalue weighted by Gasteiger charge is 2.09. The third-order valence-corrected chi connectivity index (χ3v) is 2.91. The number of nitrogens with two attached hydrogens (primary N) is 1. The highest BCUT2D eigenvalue weighted by atomic mass is 79.9. The van der Waals surface area contributed by atoms with E-state index in [1.165, 1.54) is 5.69 Å². The lowest BCUT2D eigenvalue weighted by atomic mass is 10.2. The maximum Gasteiger partial charge on any atom is 0.0510 e. The zero-order valence-electron chi connectivity index (χ0n) is 8.00. The highest BCUT2D eigenvalue weighted by molar-refractivity contribution is 9.10. The minimum Gasteiger partial charge on any atom is -0.370 e. The maximum atomic E-state index is 5.60. The van der Waals surface area contributed by atoms with Crippen LogP contribution in [-0.2, 0) is 0 Å². The molecule has 13 heavy (non-hydrogen) atoms. The van der Waals surface area contributed by atoms with Crippen molar-refractivity contribution >= 4 is 21.6 Å². The van der Waals surface area contributed by atoms with E-state index in [2.05, 4.69) is 40.9 Å². The van der Waals surface area contributed by atoms with E-state index in [9.17, 15) is 0 Å². The molecule has 0 aliphatic carbocycles. The van der Waals surface area contributed by atoms with Gasteiger partial charge in [0.05, 0.1) is 5.69 Å². The number of nitrogens with zero attached hydrogens (tertiary/aromatic N) is 1. The minimum absolute atomic E-state index is 0.360. The molecule has 1 atom stereocenters. The lowest BCUT2D eigenvalue weighted by molar-refractivity contribution is 0.694. The van der Waals surface area contributed by atoms with Gasteiger partial charge in [0.1, 0.15) is 0 Å². The summed E-state index contributed by atoms with van der Waals surface area (Å²) in [7, 11) is 2.05. The van der Waals surface area contributed by atoms with E-state index in [0.29, 0.717) is 12.6 Å². The summed E-state index contributed by atoms with van der Waals surface area (Å²) in [5, 5.41) is 0. The molecule has 0 saturated heterocycles. The normalized spacial score (nSPS) is 12.6. The van der Waals surface area contributed by atoms with Crippen molar-refractivity contribution in [1.29, 1.82) is 0 Å². The van der Waals surface area contributed by atoms with Crippen molar-refractivity contribution in [3.63, 3.8) is 0 Å². The summed E-state index contributed by atoms with van der Waals surface area (Å²) in [5.74, 6) is 0. The maximum absolute atomic E-state index is 5.60. The monoisotopic (exact) mass is 242 g/mol. The molecule has 0 aliphatic rings. The van der Waals surface area contributed by atoms with Crippen molar-refractivity contribution in [2.45, 2.75) is 13.0 Å². The standard InChI is InChI=1S/C10H15BrN2/c1-8(7-12)13(2)10-6-4-3-5-9(10)11/h3-6,8H,7,12H2,1-2H3. The van der Waals surface area contributed by atoms with Crippen LogP contribution in [0.25, 0.3) is 0 Å². The number of anilines is 1. The third kappa shape index (κ3) is 2.45. The molecular weight excluding hydrogens is 228 g/mol. The fourth-order valence-electron chi connectivity index (χ4n) is 1.13. The summed E-state index contributed by atoms with van der Waals surface area (Å²) in [6.07, 6.45) is 0. The fourth-order valence-corrected chi connectivity index (χ4v) is 1.70. The Bertz CT molecular complexity index is 275. The Morgan fingerprint density at radius 2 is 2.08 bits per heavy atom. The quantitative estimate of drug-likeness (QED) is 0.882. The number of para-hydroxylation sites is 1. The lowest BCUT2D eigenvalue weighted by Gasteiger charge is -2.26. The van der Waals surface area contributed by atoms with E-state index < -0.39 is 0 Å². The second kappa shape index (κ2) is 4.63. The molecule has 0 amide bonds. The molecule has 0 radical (unpaired) electrons. The molecule has 0 fully saturated rings. The number of hydrogen-bond acceptors (Lipinski definition) is 2. The van der Waals surface area contributed by atoms with Gasteiger partial charge in [0.25, 0.3) is 0 Å². The second-order valence-electron chi connectivity index (χ2n) is 3.15. The smallest absolute Gasteiger partial charge is 0.0510 e. The van der Waals surface area contributed by atoms with Crippen LogP contribution in [0.2, 0.25) is 0 Å². The average molecular weight is 243 g/mol. The van der Waals surface area contributed by atoms with Crippen LogP contribution in [0.4, 0.5) is 5.69 Å². The Balaban J connectivity index is 2.88. The summed E-state index contributed by atoms with van der Waals surface area (Å²) >= 11 is 3.51. The molecule has 2 nitrogen and oxygen atoms in total. The van der Waals surface area contributed by atoms with E-state index in [1.54, 1.807) is 0 Å². The van der Waals surface area contributed by atoms with E-state index in [0.717, 1.165) is 4.47 Å². The van der Waals surface area contributed by atoms with Gasteiger partial charge in [-0.2, -0.15) is 0 Å². The van der Waals surface area contributed by atoms with Crippen LogP contribution in [0.5, 0.6) is 0 Å². The van der Waals surface area contributed by atoms with Gasteiger partial charge < -0.3 is 10.6 Å². The highest BCUT2D eigenvalue weighted by Crippen LogP contribution is 2.25. The van der Waals surface area contributed by atoms with Gasteiger partial charge in [-0.1, -0.05) is 12.1 Å². The van der Waals surface area contributed by atoms with Gasteiger partial charge in [0.15, 0.2) is 0 Å². The summed E-state index contributed by atoms with van der Waals surface area (Å²) in [6.45, 7) is 2.78. The molecule has 1 aromatic carbocycles. The van der Waals surface area contributed by atoms with Crippen molar-refractivity contribution in [3.05, 3.63) is 28.7 Å². The first-order valence-corrected chi connectivity index (χ1v) is 5.13. The zero-order valence-corrected chi connectivity index (χ0v) is 9.58. The summed E-state index contributed by atoms with van der Waals surface area (Å²) in [4.78, 5) is 2.17. The molecule has 0 aliphatic heterocycles. The summed E-state index contributed by atoms with van der Waals surface area (Å²) < 4.78 is 1.11. The molecule has 2 N–H and O–H groups in total. The van der Waals surface area contributed by atoms with Gasteiger partial charge in [-0.05, 0) is 35.0 Å². The molecule has 3 heteroatoms. The predicted molar refractivity (Wildman–Crippen MR) is 61.1 cm³/mol. The molecule has 72 valence electrons. The van der Waals surface area contributed by atoms with Gasteiger partial charge in [-0.15, -0.1) is 0 Å². The van der Waals surface area contributed by atoms with E-state index in [-0.39, 0.29) is 0 Å². The first kappa shape index (κ1) is 10.5. The van der Waals surface area contributed by atoms with E-state index in [1.807, 2.05) is 18.2 Å². The first-order valence-electron chi connectivity index (χ1n) is 4.34. The average Bonchev–Trinajstić information content (AvgIpc) is 2.16. The van der Waals surface area contributed by atoms with Gasteiger partial charge in [-0.25, -0.2) is 0 Å². The molecule has 0 spiro atoms. The van der Waals surface area contributed by atoms with Crippen LogP contribution in [0, 0.1) is 0 Å². The number of halogens is 1. The number of benzene rings is 1. The fraction of sp³-hybridized carbons (Fsp3) is 0.400. The largest absolute Gasteiger partial charge is 0.370 e. The Labute approximate surface area is 87.9 Å². The summed E-state index contributed by atoms with van der Waals surface area (Å²) in [5.41, 5.74) is 6.78. The number of hydrogen-bond donors (Lipinski definition) is 1. The molecule has 1 unspecified atom stereocenters. The van der Waals surface area contributed by atoms with Crippen LogP contribution >= 0.6 is 15.9 Å². The van der Waals surface area contributed by atoms with Crippen LogP contribution in [-0.4, -0.2) is 19.6 Å². The predicted octanol–water partition coefficient (Wildman–Crippen LogP) is 2.23. The number of likely N-dealkylation sites (N-methyl/N-ethyl adjacent to an activating group) is 1. The second-order valence-corrected chi connectivity index (χ2v) is 4.00. The molecular formula is C10H15BrN2.